The van der Waals surface area contributed by atoms with Crippen molar-refractivity contribution in [3.63, 3.8) is 0 Å². The minimum Gasteiger partial charge on any atom is -0.351 e. The van der Waals surface area contributed by atoms with Crippen LogP contribution < -0.4 is 5.32 Å². The molecule has 1 aliphatic heterocycles. The van der Waals surface area contributed by atoms with Crippen LogP contribution in [0.2, 0.25) is 0 Å². The van der Waals surface area contributed by atoms with Gasteiger partial charge in [0, 0.05) is 31.0 Å². The van der Waals surface area contributed by atoms with Crippen molar-refractivity contribution in [3.05, 3.63) is 29.2 Å². The first kappa shape index (κ1) is 15.7. The maximum Gasteiger partial charge on any atom is 0.290 e. The van der Waals surface area contributed by atoms with E-state index in [2.05, 4.69) is 39.1 Å². The summed E-state index contributed by atoms with van der Waals surface area (Å²) in [7, 11) is 0. The zero-order valence-electron chi connectivity index (χ0n) is 14.0. The Kier molecular flexibility index (Phi) is 4.19. The lowest BCUT2D eigenvalue weighted by Crippen LogP contribution is -2.41. The quantitative estimate of drug-likeness (QED) is 0.934. The minimum absolute atomic E-state index is 0.0519. The Balaban J connectivity index is 1.69. The maximum atomic E-state index is 12.3. The third-order valence-electron chi connectivity index (χ3n) is 4.17. The average Bonchev–Trinajstić information content (AvgIpc) is 3.13. The number of fused-ring (bicyclic) bond motifs is 1. The van der Waals surface area contributed by atoms with Gasteiger partial charge in [0.2, 0.25) is 5.76 Å². The topological polar surface area (TPSA) is 85.8 Å². The molecule has 1 atom stereocenters. The van der Waals surface area contributed by atoms with Crippen molar-refractivity contribution in [3.8, 4) is 0 Å². The van der Waals surface area contributed by atoms with Crippen molar-refractivity contribution in [2.75, 3.05) is 0 Å². The van der Waals surface area contributed by atoms with E-state index in [1.165, 1.54) is 0 Å². The summed E-state index contributed by atoms with van der Waals surface area (Å²) in [5.74, 6) is 2.59. The third kappa shape index (κ3) is 3.13. The van der Waals surface area contributed by atoms with E-state index in [9.17, 15) is 4.79 Å². The predicted octanol–water partition coefficient (Wildman–Crippen LogP) is 2.26. The SMILES string of the molecule is CC(C)c1cc(C(=O)N[C@H]2CCc3nnc(C(C)C)n3C2)on1. The van der Waals surface area contributed by atoms with E-state index in [0.717, 1.165) is 30.2 Å². The first-order valence-corrected chi connectivity index (χ1v) is 8.15. The van der Waals surface area contributed by atoms with Crippen LogP contribution in [0.5, 0.6) is 0 Å². The van der Waals surface area contributed by atoms with Crippen molar-refractivity contribution in [2.24, 2.45) is 0 Å². The lowest BCUT2D eigenvalue weighted by atomic mass is 10.1. The Bertz CT molecular complexity index is 701. The molecule has 1 amide bonds. The van der Waals surface area contributed by atoms with Crippen LogP contribution in [0.15, 0.2) is 10.6 Å². The number of hydrogen-bond donors (Lipinski definition) is 1. The van der Waals surface area contributed by atoms with Gasteiger partial charge in [-0.25, -0.2) is 0 Å². The van der Waals surface area contributed by atoms with E-state index in [0.29, 0.717) is 12.5 Å². The molecule has 0 radical (unpaired) electrons. The highest BCUT2D eigenvalue weighted by atomic mass is 16.5. The number of rotatable bonds is 4. The average molecular weight is 317 g/mol. The number of aryl methyl sites for hydroxylation is 1. The zero-order valence-corrected chi connectivity index (χ0v) is 14.0. The van der Waals surface area contributed by atoms with E-state index < -0.39 is 0 Å². The molecule has 2 aromatic heterocycles. The second kappa shape index (κ2) is 6.14. The van der Waals surface area contributed by atoms with Gasteiger partial charge in [-0.1, -0.05) is 32.9 Å². The van der Waals surface area contributed by atoms with Crippen LogP contribution >= 0.6 is 0 Å². The van der Waals surface area contributed by atoms with Crippen LogP contribution in [0.3, 0.4) is 0 Å². The van der Waals surface area contributed by atoms with Crippen molar-refractivity contribution in [1.82, 2.24) is 25.2 Å². The van der Waals surface area contributed by atoms with Crippen LogP contribution in [0, 0.1) is 0 Å². The summed E-state index contributed by atoms with van der Waals surface area (Å²) in [6.45, 7) is 8.93. The normalized spacial score (nSPS) is 17.6. The molecule has 0 bridgehead atoms. The first-order chi connectivity index (χ1) is 11.0. The number of amides is 1. The van der Waals surface area contributed by atoms with Crippen LogP contribution in [0.4, 0.5) is 0 Å². The molecular formula is C16H23N5O2. The number of aromatic nitrogens is 4. The van der Waals surface area contributed by atoms with Gasteiger partial charge in [0.25, 0.3) is 5.91 Å². The summed E-state index contributed by atoms with van der Waals surface area (Å²) in [6.07, 6.45) is 1.67. The smallest absolute Gasteiger partial charge is 0.290 e. The standard InChI is InChI=1S/C16H23N5O2/c1-9(2)12-7-13(23-20-12)16(22)17-11-5-6-14-18-19-15(10(3)4)21(14)8-11/h7,9-11H,5-6,8H2,1-4H3,(H,17,22)/t11-/m0/s1. The molecule has 7 heteroatoms. The Labute approximate surface area is 135 Å². The molecule has 0 saturated heterocycles. The fraction of sp³-hybridized carbons (Fsp3) is 0.625. The van der Waals surface area contributed by atoms with Gasteiger partial charge in [-0.2, -0.15) is 0 Å². The van der Waals surface area contributed by atoms with Gasteiger partial charge in [-0.3, -0.25) is 4.79 Å². The molecule has 3 heterocycles. The van der Waals surface area contributed by atoms with Crippen molar-refractivity contribution in [1.29, 1.82) is 0 Å². The monoisotopic (exact) mass is 317 g/mol. The molecule has 1 aliphatic rings. The highest BCUT2D eigenvalue weighted by Gasteiger charge is 2.26. The van der Waals surface area contributed by atoms with Gasteiger partial charge in [-0.15, -0.1) is 10.2 Å². The molecule has 23 heavy (non-hydrogen) atoms. The summed E-state index contributed by atoms with van der Waals surface area (Å²) in [4.78, 5) is 12.3. The number of carbonyl (C=O) groups is 1. The molecule has 2 aromatic rings. The predicted molar refractivity (Wildman–Crippen MR) is 84.3 cm³/mol. The van der Waals surface area contributed by atoms with Crippen molar-refractivity contribution < 1.29 is 9.32 Å². The van der Waals surface area contributed by atoms with Gasteiger partial charge in [-0.05, 0) is 12.3 Å². The van der Waals surface area contributed by atoms with Gasteiger partial charge < -0.3 is 14.4 Å². The third-order valence-corrected chi connectivity index (χ3v) is 4.17. The van der Waals surface area contributed by atoms with E-state index in [1.807, 2.05) is 13.8 Å². The first-order valence-electron chi connectivity index (χ1n) is 8.15. The van der Waals surface area contributed by atoms with Gasteiger partial charge >= 0.3 is 0 Å². The number of hydrogen-bond acceptors (Lipinski definition) is 5. The van der Waals surface area contributed by atoms with Crippen LogP contribution in [-0.2, 0) is 13.0 Å². The summed E-state index contributed by atoms with van der Waals surface area (Å²) >= 11 is 0. The van der Waals surface area contributed by atoms with Crippen LogP contribution in [-0.4, -0.2) is 31.9 Å². The van der Waals surface area contributed by atoms with E-state index in [4.69, 9.17) is 4.52 Å². The fourth-order valence-corrected chi connectivity index (χ4v) is 2.82. The fourth-order valence-electron chi connectivity index (χ4n) is 2.82. The molecule has 0 spiro atoms. The molecule has 0 aromatic carbocycles. The van der Waals surface area contributed by atoms with E-state index in [-0.39, 0.29) is 23.6 Å². The molecule has 0 unspecified atom stereocenters. The lowest BCUT2D eigenvalue weighted by molar-refractivity contribution is 0.0889. The Hall–Kier alpha value is -2.18. The molecule has 0 fully saturated rings. The summed E-state index contributed by atoms with van der Waals surface area (Å²) in [5.41, 5.74) is 0.794. The molecule has 7 nitrogen and oxygen atoms in total. The number of nitrogens with zero attached hydrogens (tertiary/aromatic N) is 4. The van der Waals surface area contributed by atoms with Crippen LogP contribution in [0.1, 0.15) is 73.8 Å². The van der Waals surface area contributed by atoms with Gasteiger partial charge in [0.15, 0.2) is 0 Å². The van der Waals surface area contributed by atoms with E-state index >= 15 is 0 Å². The molecular weight excluding hydrogens is 294 g/mol. The minimum atomic E-state index is -0.211. The Morgan fingerprint density at radius 2 is 2.09 bits per heavy atom. The van der Waals surface area contributed by atoms with Gasteiger partial charge in [0.05, 0.1) is 5.69 Å². The molecule has 1 N–H and O–H groups in total. The lowest BCUT2D eigenvalue weighted by Gasteiger charge is -2.25. The Morgan fingerprint density at radius 3 is 2.74 bits per heavy atom. The summed E-state index contributed by atoms with van der Waals surface area (Å²) in [5, 5.41) is 15.5. The highest BCUT2D eigenvalue weighted by Crippen LogP contribution is 2.20. The summed E-state index contributed by atoms with van der Waals surface area (Å²) < 4.78 is 7.28. The number of carbonyl (C=O) groups excluding carboxylic acids is 1. The largest absolute Gasteiger partial charge is 0.351 e. The molecule has 3 rings (SSSR count). The second-order valence-corrected chi connectivity index (χ2v) is 6.72. The summed E-state index contributed by atoms with van der Waals surface area (Å²) in [6, 6.07) is 1.77. The van der Waals surface area contributed by atoms with Crippen molar-refractivity contribution in [2.45, 2.75) is 65.0 Å². The Morgan fingerprint density at radius 1 is 1.30 bits per heavy atom. The zero-order chi connectivity index (χ0) is 16.6. The maximum absolute atomic E-state index is 12.3. The molecule has 0 saturated carbocycles. The number of nitrogens with one attached hydrogen (secondary N) is 1. The van der Waals surface area contributed by atoms with Crippen molar-refractivity contribution >= 4 is 5.91 Å². The second-order valence-electron chi connectivity index (χ2n) is 6.72. The van der Waals surface area contributed by atoms with Gasteiger partial charge in [0.1, 0.15) is 11.6 Å². The van der Waals surface area contributed by atoms with Crippen LogP contribution in [0.25, 0.3) is 0 Å². The van der Waals surface area contributed by atoms with E-state index in [1.54, 1.807) is 6.07 Å². The highest BCUT2D eigenvalue weighted by molar-refractivity contribution is 5.91. The molecule has 124 valence electrons. The molecule has 0 aliphatic carbocycles.